The average Bonchev–Trinajstić information content (AvgIpc) is 2.68. The summed E-state index contributed by atoms with van der Waals surface area (Å²) in [6, 6.07) is 1.91. The van der Waals surface area contributed by atoms with Crippen molar-refractivity contribution in [3.05, 3.63) is 28.2 Å². The van der Waals surface area contributed by atoms with Crippen molar-refractivity contribution in [2.45, 2.75) is 24.5 Å². The standard InChI is InChI=1S/C12H18N2O2S2.ClH/c1-9-7-10(2)17-12(9)18(15,16)14-8-11-3-5-13-6-4-11;/h3,7,13-14H,4-6,8H2,1-2H3;1H. The van der Waals surface area contributed by atoms with Gasteiger partial charge in [-0.2, -0.15) is 0 Å². The fourth-order valence-electron chi connectivity index (χ4n) is 1.97. The molecular formula is C12H19ClN2O2S2. The molecular weight excluding hydrogens is 304 g/mol. The summed E-state index contributed by atoms with van der Waals surface area (Å²) in [7, 11) is -3.36. The van der Waals surface area contributed by atoms with Gasteiger partial charge in [-0.25, -0.2) is 13.1 Å². The first-order chi connectivity index (χ1) is 8.49. The molecule has 0 bridgehead atoms. The first-order valence-corrected chi connectivity index (χ1v) is 8.24. The van der Waals surface area contributed by atoms with Gasteiger partial charge in [-0.15, -0.1) is 23.7 Å². The number of thiophene rings is 1. The van der Waals surface area contributed by atoms with Gasteiger partial charge in [-0.3, -0.25) is 0 Å². The lowest BCUT2D eigenvalue weighted by Crippen LogP contribution is -2.29. The van der Waals surface area contributed by atoms with E-state index in [9.17, 15) is 8.42 Å². The van der Waals surface area contributed by atoms with E-state index in [1.165, 1.54) is 11.3 Å². The van der Waals surface area contributed by atoms with E-state index in [1.54, 1.807) is 0 Å². The topological polar surface area (TPSA) is 58.2 Å². The summed E-state index contributed by atoms with van der Waals surface area (Å²) in [5.74, 6) is 0. The molecule has 2 heterocycles. The minimum Gasteiger partial charge on any atom is -0.313 e. The smallest absolute Gasteiger partial charge is 0.250 e. The van der Waals surface area contributed by atoms with Gasteiger partial charge >= 0.3 is 0 Å². The molecule has 2 rings (SSSR count). The van der Waals surface area contributed by atoms with Gasteiger partial charge in [0.05, 0.1) is 0 Å². The van der Waals surface area contributed by atoms with Crippen LogP contribution in [0.5, 0.6) is 0 Å². The second-order valence-corrected chi connectivity index (χ2v) is 7.69. The molecule has 19 heavy (non-hydrogen) atoms. The minimum absolute atomic E-state index is 0. The number of halogens is 1. The van der Waals surface area contributed by atoms with Gasteiger partial charge < -0.3 is 5.32 Å². The molecule has 0 amide bonds. The third-order valence-corrected chi connectivity index (χ3v) is 6.08. The van der Waals surface area contributed by atoms with Crippen LogP contribution in [0.1, 0.15) is 16.9 Å². The first kappa shape index (κ1) is 16.7. The maximum absolute atomic E-state index is 12.2. The van der Waals surface area contributed by atoms with Crippen molar-refractivity contribution in [3.8, 4) is 0 Å². The van der Waals surface area contributed by atoms with E-state index in [0.717, 1.165) is 35.5 Å². The summed E-state index contributed by atoms with van der Waals surface area (Å²) < 4.78 is 27.5. The number of rotatable bonds is 4. The molecule has 0 atom stereocenters. The van der Waals surface area contributed by atoms with E-state index < -0.39 is 10.0 Å². The molecule has 1 aliphatic heterocycles. The molecule has 0 unspecified atom stereocenters. The second-order valence-electron chi connectivity index (χ2n) is 4.47. The Kier molecular flexibility index (Phi) is 6.01. The molecule has 1 aliphatic rings. The maximum atomic E-state index is 12.2. The van der Waals surface area contributed by atoms with Crippen LogP contribution in [0.25, 0.3) is 0 Å². The Bertz CT molecular complexity index is 564. The Morgan fingerprint density at radius 2 is 2.16 bits per heavy atom. The minimum atomic E-state index is -3.36. The van der Waals surface area contributed by atoms with Crippen molar-refractivity contribution in [3.63, 3.8) is 0 Å². The second kappa shape index (κ2) is 6.85. The fourth-order valence-corrected chi connectivity index (χ4v) is 4.72. The highest BCUT2D eigenvalue weighted by atomic mass is 35.5. The van der Waals surface area contributed by atoms with Gasteiger partial charge in [0.2, 0.25) is 0 Å². The SMILES string of the molecule is Cc1cc(C)c(S(=O)(=O)NCC2=CCNCC2)s1.Cl. The summed E-state index contributed by atoms with van der Waals surface area (Å²) in [5, 5.41) is 3.20. The lowest BCUT2D eigenvalue weighted by Gasteiger charge is -2.14. The van der Waals surface area contributed by atoms with Gasteiger partial charge in [-0.05, 0) is 38.4 Å². The van der Waals surface area contributed by atoms with E-state index in [1.807, 2.05) is 19.9 Å². The van der Waals surface area contributed by atoms with Crippen molar-refractivity contribution in [2.75, 3.05) is 19.6 Å². The molecule has 0 spiro atoms. The quantitative estimate of drug-likeness (QED) is 0.833. The molecule has 0 saturated heterocycles. The van der Waals surface area contributed by atoms with E-state index in [0.29, 0.717) is 10.8 Å². The zero-order valence-corrected chi connectivity index (χ0v) is 13.5. The molecule has 1 aromatic rings. The fraction of sp³-hybridized carbons (Fsp3) is 0.500. The lowest BCUT2D eigenvalue weighted by molar-refractivity contribution is 0.584. The molecule has 0 radical (unpaired) electrons. The highest BCUT2D eigenvalue weighted by molar-refractivity contribution is 7.91. The molecule has 0 saturated carbocycles. The zero-order chi connectivity index (χ0) is 13.2. The Labute approximate surface area is 124 Å². The average molecular weight is 323 g/mol. The molecule has 108 valence electrons. The summed E-state index contributed by atoms with van der Waals surface area (Å²) >= 11 is 1.33. The molecule has 0 fully saturated rings. The Hall–Kier alpha value is -0.400. The largest absolute Gasteiger partial charge is 0.313 e. The van der Waals surface area contributed by atoms with Crippen LogP contribution >= 0.6 is 23.7 Å². The first-order valence-electron chi connectivity index (χ1n) is 5.94. The summed E-state index contributed by atoms with van der Waals surface area (Å²) in [5.41, 5.74) is 1.98. The summed E-state index contributed by atoms with van der Waals surface area (Å²) in [6.07, 6.45) is 2.96. The molecule has 7 heteroatoms. The third-order valence-electron chi connectivity index (χ3n) is 2.89. The molecule has 4 nitrogen and oxygen atoms in total. The van der Waals surface area contributed by atoms with Crippen LogP contribution < -0.4 is 10.0 Å². The van der Waals surface area contributed by atoms with Crippen LogP contribution in [0.2, 0.25) is 0 Å². The van der Waals surface area contributed by atoms with E-state index in [-0.39, 0.29) is 12.4 Å². The number of nitrogens with one attached hydrogen (secondary N) is 2. The van der Waals surface area contributed by atoms with Crippen LogP contribution in [0.4, 0.5) is 0 Å². The maximum Gasteiger partial charge on any atom is 0.250 e. The van der Waals surface area contributed by atoms with Crippen molar-refractivity contribution >= 4 is 33.8 Å². The van der Waals surface area contributed by atoms with Gasteiger partial charge in [0.25, 0.3) is 10.0 Å². The predicted molar refractivity (Wildman–Crippen MR) is 81.8 cm³/mol. The predicted octanol–water partition coefficient (Wildman–Crippen LogP) is 1.98. The van der Waals surface area contributed by atoms with Gasteiger partial charge in [0, 0.05) is 18.0 Å². The molecule has 2 N–H and O–H groups in total. The van der Waals surface area contributed by atoms with Crippen molar-refractivity contribution in [1.29, 1.82) is 0 Å². The lowest BCUT2D eigenvalue weighted by atomic mass is 10.1. The van der Waals surface area contributed by atoms with Crippen molar-refractivity contribution in [1.82, 2.24) is 10.0 Å². The number of aryl methyl sites for hydroxylation is 2. The van der Waals surface area contributed by atoms with Gasteiger partial charge in [-0.1, -0.05) is 11.6 Å². The van der Waals surface area contributed by atoms with E-state index in [2.05, 4.69) is 16.1 Å². The Morgan fingerprint density at radius 3 is 2.68 bits per heavy atom. The van der Waals surface area contributed by atoms with Crippen LogP contribution in [0, 0.1) is 13.8 Å². The number of sulfonamides is 1. The zero-order valence-electron chi connectivity index (χ0n) is 11.0. The molecule has 0 aliphatic carbocycles. The van der Waals surface area contributed by atoms with Crippen molar-refractivity contribution in [2.24, 2.45) is 0 Å². The highest BCUT2D eigenvalue weighted by Gasteiger charge is 2.19. The van der Waals surface area contributed by atoms with Crippen LogP contribution in [-0.2, 0) is 10.0 Å². The van der Waals surface area contributed by atoms with Gasteiger partial charge in [0.1, 0.15) is 4.21 Å². The third kappa shape index (κ3) is 4.29. The molecule has 0 aromatic carbocycles. The highest BCUT2D eigenvalue weighted by Crippen LogP contribution is 2.25. The number of hydrogen-bond donors (Lipinski definition) is 2. The monoisotopic (exact) mass is 322 g/mol. The Balaban J connectivity index is 0.00000180. The summed E-state index contributed by atoms with van der Waals surface area (Å²) in [4.78, 5) is 1.02. The van der Waals surface area contributed by atoms with Crippen LogP contribution in [-0.4, -0.2) is 28.1 Å². The van der Waals surface area contributed by atoms with E-state index in [4.69, 9.17) is 0 Å². The Morgan fingerprint density at radius 1 is 1.42 bits per heavy atom. The number of hydrogen-bond acceptors (Lipinski definition) is 4. The van der Waals surface area contributed by atoms with Crippen LogP contribution in [0.3, 0.4) is 0 Å². The van der Waals surface area contributed by atoms with Crippen molar-refractivity contribution < 1.29 is 8.42 Å². The normalized spacial score (nSPS) is 15.8. The summed E-state index contributed by atoms with van der Waals surface area (Å²) in [6.45, 7) is 5.92. The van der Waals surface area contributed by atoms with Crippen LogP contribution in [0.15, 0.2) is 21.9 Å². The van der Waals surface area contributed by atoms with Gasteiger partial charge in [0.15, 0.2) is 0 Å². The molecule has 1 aromatic heterocycles. The van der Waals surface area contributed by atoms with E-state index >= 15 is 0 Å².